The Morgan fingerprint density at radius 2 is 2.17 bits per heavy atom. The highest BCUT2D eigenvalue weighted by Crippen LogP contribution is 2.28. The Bertz CT molecular complexity index is 714. The Kier molecular flexibility index (Phi) is 6.97. The first kappa shape index (κ1) is 20.6. The molecule has 1 amide bonds. The van der Waals surface area contributed by atoms with Gasteiger partial charge < -0.3 is 15.0 Å². The number of nitrogens with two attached hydrogens (primary N) is 1. The lowest BCUT2D eigenvalue weighted by molar-refractivity contribution is -0.133. The van der Waals surface area contributed by atoms with Crippen molar-refractivity contribution in [2.45, 2.75) is 24.3 Å². The van der Waals surface area contributed by atoms with E-state index in [4.69, 9.17) is 9.88 Å². The number of piperazine rings is 1. The standard InChI is InChI=1S/C14H20FN3O4S.ClH/c1-9-8-17-3-4-18(9)13(19)7-10-5-11(15)14(22-2)12(6-10)23(16,20)21;/h5-6,9,17H,3-4,7-8H2,1-2H3,(H2,16,20,21);1H/t9-;/m1./s1. The molecule has 3 N–H and O–H groups in total. The molecule has 0 saturated carbocycles. The molecule has 0 spiro atoms. The molecule has 10 heteroatoms. The summed E-state index contributed by atoms with van der Waals surface area (Å²) in [5, 5.41) is 8.26. The van der Waals surface area contributed by atoms with Crippen LogP contribution in [0.2, 0.25) is 0 Å². The number of carbonyl (C=O) groups is 1. The molecule has 1 aromatic rings. The van der Waals surface area contributed by atoms with Gasteiger partial charge in [0.25, 0.3) is 0 Å². The van der Waals surface area contributed by atoms with Crippen LogP contribution in [0.25, 0.3) is 0 Å². The molecule has 1 saturated heterocycles. The number of nitrogens with zero attached hydrogens (tertiary/aromatic N) is 1. The van der Waals surface area contributed by atoms with E-state index in [0.717, 1.165) is 13.2 Å². The third-order valence-electron chi connectivity index (χ3n) is 3.76. The molecule has 0 unspecified atom stereocenters. The summed E-state index contributed by atoms with van der Waals surface area (Å²) in [6, 6.07) is 2.30. The number of amides is 1. The summed E-state index contributed by atoms with van der Waals surface area (Å²) in [5.41, 5.74) is 0.239. The van der Waals surface area contributed by atoms with Crippen molar-refractivity contribution in [3.8, 4) is 5.75 Å². The second-order valence-electron chi connectivity index (χ2n) is 5.47. The molecular formula is C14H21ClFN3O4S. The molecular weight excluding hydrogens is 361 g/mol. The van der Waals surface area contributed by atoms with E-state index in [-0.39, 0.29) is 36.3 Å². The van der Waals surface area contributed by atoms with Gasteiger partial charge in [-0.15, -0.1) is 12.4 Å². The molecule has 1 aromatic carbocycles. The second-order valence-corrected chi connectivity index (χ2v) is 7.00. The van der Waals surface area contributed by atoms with E-state index in [9.17, 15) is 17.6 Å². The van der Waals surface area contributed by atoms with Crippen LogP contribution in [0.3, 0.4) is 0 Å². The van der Waals surface area contributed by atoms with E-state index in [1.54, 1.807) is 4.90 Å². The number of rotatable bonds is 4. The summed E-state index contributed by atoms with van der Waals surface area (Å²) in [7, 11) is -3.01. The Labute approximate surface area is 146 Å². The summed E-state index contributed by atoms with van der Waals surface area (Å²) in [5.74, 6) is -1.50. The van der Waals surface area contributed by atoms with Gasteiger partial charge in [0.05, 0.1) is 13.5 Å². The van der Waals surface area contributed by atoms with Crippen LogP contribution in [0, 0.1) is 5.82 Å². The molecule has 7 nitrogen and oxygen atoms in total. The van der Waals surface area contributed by atoms with Crippen LogP contribution in [0.1, 0.15) is 12.5 Å². The first-order chi connectivity index (χ1) is 10.7. The lowest BCUT2D eigenvalue weighted by Gasteiger charge is -2.34. The molecule has 0 aromatic heterocycles. The van der Waals surface area contributed by atoms with E-state index in [1.807, 2.05) is 6.92 Å². The van der Waals surface area contributed by atoms with Gasteiger partial charge in [0.1, 0.15) is 4.90 Å². The second kappa shape index (κ2) is 8.11. The third-order valence-corrected chi connectivity index (χ3v) is 4.67. The van der Waals surface area contributed by atoms with Gasteiger partial charge >= 0.3 is 0 Å². The van der Waals surface area contributed by atoms with Gasteiger partial charge in [-0.1, -0.05) is 0 Å². The summed E-state index contributed by atoms with van der Waals surface area (Å²) < 4.78 is 42.0. The number of hydrogen-bond acceptors (Lipinski definition) is 5. The fourth-order valence-electron chi connectivity index (χ4n) is 2.62. The number of primary sulfonamides is 1. The number of ether oxygens (including phenoxy) is 1. The summed E-state index contributed by atoms with van der Waals surface area (Å²) in [6.07, 6.45) is -0.103. The monoisotopic (exact) mass is 381 g/mol. The molecule has 2 rings (SSSR count). The molecule has 0 bridgehead atoms. The maximum absolute atomic E-state index is 14.0. The SMILES string of the molecule is COc1c(F)cc(CC(=O)N2CCNC[C@H]2C)cc1S(N)(=O)=O.Cl. The Morgan fingerprint density at radius 1 is 1.50 bits per heavy atom. The zero-order chi connectivity index (χ0) is 17.2. The van der Waals surface area contributed by atoms with Gasteiger partial charge in [0.15, 0.2) is 11.6 Å². The molecule has 136 valence electrons. The van der Waals surface area contributed by atoms with Crippen molar-refractivity contribution in [1.29, 1.82) is 0 Å². The predicted octanol–water partition coefficient (Wildman–Crippen LogP) is 0.266. The van der Waals surface area contributed by atoms with Gasteiger partial charge in [-0.2, -0.15) is 0 Å². The minimum atomic E-state index is -4.16. The Hall–Kier alpha value is -1.42. The number of methoxy groups -OCH3 is 1. The minimum absolute atomic E-state index is 0. The molecule has 1 atom stereocenters. The predicted molar refractivity (Wildman–Crippen MR) is 89.3 cm³/mol. The summed E-state index contributed by atoms with van der Waals surface area (Å²) >= 11 is 0. The molecule has 1 aliphatic heterocycles. The van der Waals surface area contributed by atoms with Crippen molar-refractivity contribution in [3.63, 3.8) is 0 Å². The smallest absolute Gasteiger partial charge is 0.241 e. The Morgan fingerprint density at radius 3 is 2.71 bits per heavy atom. The van der Waals surface area contributed by atoms with Crippen LogP contribution in [-0.2, 0) is 21.2 Å². The van der Waals surface area contributed by atoms with E-state index in [1.165, 1.54) is 6.07 Å². The van der Waals surface area contributed by atoms with Gasteiger partial charge in [-0.05, 0) is 24.6 Å². The highest BCUT2D eigenvalue weighted by Gasteiger charge is 2.25. The summed E-state index contributed by atoms with van der Waals surface area (Å²) in [4.78, 5) is 13.6. The molecule has 0 radical (unpaired) electrons. The largest absolute Gasteiger partial charge is 0.492 e. The number of carbonyl (C=O) groups excluding carboxylic acids is 1. The van der Waals surface area contributed by atoms with Gasteiger partial charge in [-0.25, -0.2) is 17.9 Å². The van der Waals surface area contributed by atoms with Crippen molar-refractivity contribution in [3.05, 3.63) is 23.5 Å². The molecule has 1 aliphatic rings. The van der Waals surface area contributed by atoms with E-state index >= 15 is 0 Å². The van der Waals surface area contributed by atoms with E-state index in [2.05, 4.69) is 5.32 Å². The van der Waals surface area contributed by atoms with Crippen LogP contribution in [-0.4, -0.2) is 52.0 Å². The highest BCUT2D eigenvalue weighted by atomic mass is 35.5. The van der Waals surface area contributed by atoms with E-state index in [0.29, 0.717) is 19.6 Å². The first-order valence-electron chi connectivity index (χ1n) is 7.13. The maximum Gasteiger partial charge on any atom is 0.241 e. The van der Waals surface area contributed by atoms with Crippen LogP contribution in [0.4, 0.5) is 4.39 Å². The zero-order valence-electron chi connectivity index (χ0n) is 13.4. The normalized spacial score (nSPS) is 18.0. The van der Waals surface area contributed by atoms with Crippen LogP contribution < -0.4 is 15.2 Å². The summed E-state index contributed by atoms with van der Waals surface area (Å²) in [6.45, 7) is 3.84. The number of halogens is 2. The first-order valence-corrected chi connectivity index (χ1v) is 8.68. The van der Waals surface area contributed by atoms with Crippen molar-refractivity contribution >= 4 is 28.3 Å². The minimum Gasteiger partial charge on any atom is -0.492 e. The van der Waals surface area contributed by atoms with Crippen LogP contribution >= 0.6 is 12.4 Å². The topological polar surface area (TPSA) is 102 Å². The molecule has 1 heterocycles. The van der Waals surface area contributed by atoms with Crippen molar-refractivity contribution in [2.75, 3.05) is 26.7 Å². The fraction of sp³-hybridized carbons (Fsp3) is 0.500. The fourth-order valence-corrected chi connectivity index (χ4v) is 3.38. The maximum atomic E-state index is 14.0. The average Bonchev–Trinajstić information content (AvgIpc) is 2.46. The zero-order valence-corrected chi connectivity index (χ0v) is 15.0. The lowest BCUT2D eigenvalue weighted by atomic mass is 10.1. The van der Waals surface area contributed by atoms with Gasteiger partial charge in [0, 0.05) is 25.7 Å². The number of nitrogens with one attached hydrogen (secondary N) is 1. The Balaban J connectivity index is 0.00000288. The van der Waals surface area contributed by atoms with Gasteiger partial charge in [-0.3, -0.25) is 4.79 Å². The van der Waals surface area contributed by atoms with Crippen molar-refractivity contribution in [2.24, 2.45) is 5.14 Å². The van der Waals surface area contributed by atoms with Crippen LogP contribution in [0.15, 0.2) is 17.0 Å². The highest BCUT2D eigenvalue weighted by molar-refractivity contribution is 7.89. The lowest BCUT2D eigenvalue weighted by Crippen LogP contribution is -2.52. The molecule has 1 fully saturated rings. The van der Waals surface area contributed by atoms with Gasteiger partial charge in [0.2, 0.25) is 15.9 Å². The molecule has 24 heavy (non-hydrogen) atoms. The average molecular weight is 382 g/mol. The van der Waals surface area contributed by atoms with E-state index < -0.39 is 26.5 Å². The third kappa shape index (κ3) is 4.56. The quantitative estimate of drug-likeness (QED) is 0.779. The van der Waals surface area contributed by atoms with Crippen LogP contribution in [0.5, 0.6) is 5.75 Å². The van der Waals surface area contributed by atoms with Crippen molar-refractivity contribution < 1.29 is 22.3 Å². The number of hydrogen-bond donors (Lipinski definition) is 2. The van der Waals surface area contributed by atoms with Crippen molar-refractivity contribution in [1.82, 2.24) is 10.2 Å². The number of sulfonamides is 1. The number of benzene rings is 1. The molecule has 0 aliphatic carbocycles.